The Morgan fingerprint density at radius 3 is 2.52 bits per heavy atom. The molecule has 0 spiro atoms. The highest BCUT2D eigenvalue weighted by atomic mass is 127. The fourth-order valence-electron chi connectivity index (χ4n) is 3.09. The van der Waals surface area contributed by atoms with Crippen molar-refractivity contribution in [2.24, 2.45) is 0 Å². The molecule has 0 saturated carbocycles. The molecule has 3 aromatic carbocycles. The lowest BCUT2D eigenvalue weighted by atomic mass is 10.1. The molecule has 0 radical (unpaired) electrons. The summed E-state index contributed by atoms with van der Waals surface area (Å²) in [5.74, 6) is 0.451. The first-order valence-corrected chi connectivity index (χ1v) is 12.1. The van der Waals surface area contributed by atoms with Gasteiger partial charge < -0.3 is 10.1 Å². The molecule has 0 heterocycles. The van der Waals surface area contributed by atoms with Gasteiger partial charge in [-0.2, -0.15) is 5.26 Å². The molecule has 3 aromatic rings. The minimum atomic E-state index is -0.349. The summed E-state index contributed by atoms with van der Waals surface area (Å²) in [4.78, 5) is 12.3. The smallest absolute Gasteiger partial charge is 0.262 e. The standard InChI is InChI=1S/C25H22I2N2O2/c1-3-16(2)29-25(30)20(14-28)11-17-12-22(26)24(23(27)13-17)31-15-19-9-6-8-18-7-4-5-10-21(18)19/h4-13,16H,3,15H2,1-2H3,(H,29,30)/b20-11+/t16-/m0/s1. The molecule has 158 valence electrons. The van der Waals surface area contributed by atoms with E-state index in [1.165, 1.54) is 10.8 Å². The predicted octanol–water partition coefficient (Wildman–Crippen LogP) is 6.45. The van der Waals surface area contributed by atoms with Crippen LogP contribution in [0.25, 0.3) is 16.8 Å². The fraction of sp³-hybridized carbons (Fsp3) is 0.200. The van der Waals surface area contributed by atoms with E-state index in [-0.39, 0.29) is 17.5 Å². The van der Waals surface area contributed by atoms with Crippen molar-refractivity contribution < 1.29 is 9.53 Å². The maximum Gasteiger partial charge on any atom is 0.262 e. The Morgan fingerprint density at radius 1 is 1.16 bits per heavy atom. The number of fused-ring (bicyclic) bond motifs is 1. The molecule has 0 bridgehead atoms. The molecule has 1 N–H and O–H groups in total. The Bertz CT molecular complexity index is 1150. The molecule has 6 heteroatoms. The first-order chi connectivity index (χ1) is 14.9. The van der Waals surface area contributed by atoms with Crippen molar-refractivity contribution in [1.29, 1.82) is 5.26 Å². The van der Waals surface area contributed by atoms with Gasteiger partial charge in [0.25, 0.3) is 5.91 Å². The van der Waals surface area contributed by atoms with E-state index in [2.05, 4.69) is 74.8 Å². The number of nitrogens with zero attached hydrogens (tertiary/aromatic N) is 1. The van der Waals surface area contributed by atoms with Gasteiger partial charge in [0.05, 0.1) is 7.14 Å². The molecular formula is C25H22I2N2O2. The van der Waals surface area contributed by atoms with Gasteiger partial charge in [-0.1, -0.05) is 49.4 Å². The summed E-state index contributed by atoms with van der Waals surface area (Å²) in [6, 6.07) is 20.4. The van der Waals surface area contributed by atoms with E-state index in [0.29, 0.717) is 6.61 Å². The van der Waals surface area contributed by atoms with E-state index in [1.807, 2.05) is 50.2 Å². The van der Waals surface area contributed by atoms with Crippen LogP contribution in [0.3, 0.4) is 0 Å². The number of benzene rings is 3. The van der Waals surface area contributed by atoms with Crippen molar-refractivity contribution in [2.75, 3.05) is 0 Å². The molecular weight excluding hydrogens is 614 g/mol. The quantitative estimate of drug-likeness (QED) is 0.184. The number of hydrogen-bond acceptors (Lipinski definition) is 3. The highest BCUT2D eigenvalue weighted by Crippen LogP contribution is 2.31. The van der Waals surface area contributed by atoms with E-state index >= 15 is 0 Å². The first-order valence-electron chi connectivity index (χ1n) is 9.94. The molecule has 0 aliphatic carbocycles. The molecule has 3 rings (SSSR count). The number of amides is 1. The van der Waals surface area contributed by atoms with E-state index in [9.17, 15) is 10.1 Å². The van der Waals surface area contributed by atoms with E-state index in [0.717, 1.165) is 30.4 Å². The molecule has 0 saturated heterocycles. The zero-order valence-electron chi connectivity index (χ0n) is 17.3. The van der Waals surface area contributed by atoms with Crippen molar-refractivity contribution in [1.82, 2.24) is 5.32 Å². The lowest BCUT2D eigenvalue weighted by molar-refractivity contribution is -0.117. The topological polar surface area (TPSA) is 62.1 Å². The highest BCUT2D eigenvalue weighted by Gasteiger charge is 2.14. The number of halogens is 2. The average molecular weight is 636 g/mol. The Labute approximate surface area is 210 Å². The minimum Gasteiger partial charge on any atom is -0.487 e. The van der Waals surface area contributed by atoms with Gasteiger partial charge in [-0.25, -0.2) is 0 Å². The van der Waals surface area contributed by atoms with Crippen LogP contribution in [0.1, 0.15) is 31.4 Å². The van der Waals surface area contributed by atoms with Gasteiger partial charge in [0.1, 0.15) is 24.0 Å². The van der Waals surface area contributed by atoms with Crippen LogP contribution in [0.5, 0.6) is 5.75 Å². The van der Waals surface area contributed by atoms with Crippen LogP contribution in [0, 0.1) is 18.5 Å². The maximum absolute atomic E-state index is 12.3. The zero-order valence-corrected chi connectivity index (χ0v) is 21.6. The van der Waals surface area contributed by atoms with Crippen molar-refractivity contribution in [3.63, 3.8) is 0 Å². The van der Waals surface area contributed by atoms with Crippen LogP contribution in [0.15, 0.2) is 60.2 Å². The second-order valence-electron chi connectivity index (χ2n) is 7.19. The molecule has 1 amide bonds. The third kappa shape index (κ3) is 5.98. The second kappa shape index (κ2) is 11.0. The predicted molar refractivity (Wildman–Crippen MR) is 142 cm³/mol. The summed E-state index contributed by atoms with van der Waals surface area (Å²) >= 11 is 4.46. The molecule has 0 fully saturated rings. The lowest BCUT2D eigenvalue weighted by Gasteiger charge is -2.13. The molecule has 0 aromatic heterocycles. The third-order valence-corrected chi connectivity index (χ3v) is 6.54. The Morgan fingerprint density at radius 2 is 1.84 bits per heavy atom. The van der Waals surface area contributed by atoms with Crippen LogP contribution < -0.4 is 10.1 Å². The SMILES string of the molecule is CC[C@H](C)NC(=O)/C(C#N)=C/c1cc(I)c(OCc2cccc3ccccc23)c(I)c1. The summed E-state index contributed by atoms with van der Waals surface area (Å²) in [5, 5.41) is 14.6. The van der Waals surface area contributed by atoms with Crippen molar-refractivity contribution in [2.45, 2.75) is 32.9 Å². The summed E-state index contributed by atoms with van der Waals surface area (Å²) in [7, 11) is 0. The lowest BCUT2D eigenvalue weighted by Crippen LogP contribution is -2.32. The molecule has 0 aliphatic heterocycles. The van der Waals surface area contributed by atoms with E-state index in [1.54, 1.807) is 6.08 Å². The van der Waals surface area contributed by atoms with Crippen LogP contribution >= 0.6 is 45.2 Å². The molecule has 0 unspecified atom stereocenters. The van der Waals surface area contributed by atoms with Gasteiger partial charge in [-0.3, -0.25) is 4.79 Å². The third-order valence-electron chi connectivity index (χ3n) is 4.94. The fourth-order valence-corrected chi connectivity index (χ4v) is 5.22. The number of nitrogens with one attached hydrogen (secondary N) is 1. The van der Waals surface area contributed by atoms with Crippen LogP contribution in [0.2, 0.25) is 0 Å². The maximum atomic E-state index is 12.3. The molecule has 1 atom stereocenters. The largest absolute Gasteiger partial charge is 0.487 e. The Balaban J connectivity index is 1.82. The normalized spacial score (nSPS) is 12.3. The number of rotatable bonds is 7. The number of nitriles is 1. The Kier molecular flexibility index (Phi) is 8.32. The second-order valence-corrected chi connectivity index (χ2v) is 9.52. The van der Waals surface area contributed by atoms with Gasteiger partial charge >= 0.3 is 0 Å². The van der Waals surface area contributed by atoms with Crippen LogP contribution in [-0.2, 0) is 11.4 Å². The summed E-state index contributed by atoms with van der Waals surface area (Å²) < 4.78 is 8.04. The van der Waals surface area contributed by atoms with Crippen molar-refractivity contribution >= 4 is 67.9 Å². The minimum absolute atomic E-state index is 0.0226. The van der Waals surface area contributed by atoms with E-state index < -0.39 is 0 Å². The van der Waals surface area contributed by atoms with Crippen molar-refractivity contribution in [3.8, 4) is 11.8 Å². The van der Waals surface area contributed by atoms with E-state index in [4.69, 9.17) is 4.74 Å². The zero-order chi connectivity index (χ0) is 22.4. The summed E-state index contributed by atoms with van der Waals surface area (Å²) in [6.45, 7) is 4.37. The van der Waals surface area contributed by atoms with Crippen LogP contribution in [-0.4, -0.2) is 11.9 Å². The number of ether oxygens (including phenoxy) is 1. The molecule has 4 nitrogen and oxygen atoms in total. The first kappa shape index (κ1) is 23.5. The van der Waals surface area contributed by atoms with Crippen molar-refractivity contribution in [3.05, 3.63) is 78.4 Å². The van der Waals surface area contributed by atoms with Gasteiger partial charge in [-0.05, 0) is 98.6 Å². The van der Waals surface area contributed by atoms with Gasteiger partial charge in [0.15, 0.2) is 0 Å². The van der Waals surface area contributed by atoms with Gasteiger partial charge in [0, 0.05) is 6.04 Å². The number of hydrogen-bond donors (Lipinski definition) is 1. The van der Waals surface area contributed by atoms with Crippen LogP contribution in [0.4, 0.5) is 0 Å². The monoisotopic (exact) mass is 636 g/mol. The highest BCUT2D eigenvalue weighted by molar-refractivity contribution is 14.1. The van der Waals surface area contributed by atoms with Gasteiger partial charge in [0.2, 0.25) is 0 Å². The Hall–Kier alpha value is -2.12. The average Bonchev–Trinajstić information content (AvgIpc) is 2.76. The number of carbonyl (C=O) groups is 1. The summed E-state index contributed by atoms with van der Waals surface area (Å²) in [6.07, 6.45) is 2.43. The van der Waals surface area contributed by atoms with Gasteiger partial charge in [-0.15, -0.1) is 0 Å². The summed E-state index contributed by atoms with van der Waals surface area (Å²) in [5.41, 5.74) is 2.01. The molecule has 31 heavy (non-hydrogen) atoms. The number of carbonyl (C=O) groups excluding carboxylic acids is 1. The molecule has 0 aliphatic rings.